The van der Waals surface area contributed by atoms with E-state index < -0.39 is 0 Å². The van der Waals surface area contributed by atoms with Gasteiger partial charge in [0.15, 0.2) is 0 Å². The Hall–Kier alpha value is -1.05. The Morgan fingerprint density at radius 1 is 1.88 bits per heavy atom. The van der Waals surface area contributed by atoms with Crippen molar-refractivity contribution in [2.75, 3.05) is 6.54 Å². The summed E-state index contributed by atoms with van der Waals surface area (Å²) in [6.07, 6.45) is 7.14. The highest BCUT2D eigenvalue weighted by atomic mass is 16.2. The van der Waals surface area contributed by atoms with Crippen molar-refractivity contribution in [1.82, 2.24) is 0 Å². The number of aliphatic imine (C=N–C) groups is 1. The smallest absolute Gasteiger partial charge is 0.0842 e. The highest BCUT2D eigenvalue weighted by molar-refractivity contribution is 5.73. The summed E-state index contributed by atoms with van der Waals surface area (Å²) in [5.41, 5.74) is 0.823. The molecule has 0 bridgehead atoms. The summed E-state index contributed by atoms with van der Waals surface area (Å²) < 4.78 is 0. The standard InChI is InChI=1S/C6H6NO/c8-5-6-2-1-3-7-4-6/h1-2,5,8H,4H2/b6-5-. The Bertz CT molecular complexity index is 156. The molecule has 41 valence electrons. The van der Waals surface area contributed by atoms with Gasteiger partial charge in [-0.15, -0.1) is 0 Å². The third-order valence-electron chi connectivity index (χ3n) is 0.891. The normalized spacial score (nSPS) is 22.2. The van der Waals surface area contributed by atoms with Crippen molar-refractivity contribution >= 4 is 6.21 Å². The summed E-state index contributed by atoms with van der Waals surface area (Å²) in [6.45, 7) is 0.549. The van der Waals surface area contributed by atoms with Crippen molar-refractivity contribution in [2.45, 2.75) is 0 Å². The van der Waals surface area contributed by atoms with Crippen LogP contribution in [0, 0.1) is 0 Å². The molecule has 0 aromatic rings. The highest BCUT2D eigenvalue weighted by Gasteiger charge is 1.91. The van der Waals surface area contributed by atoms with Crippen LogP contribution in [-0.4, -0.2) is 17.9 Å². The number of rotatable bonds is 0. The van der Waals surface area contributed by atoms with Crippen LogP contribution in [0.5, 0.6) is 0 Å². The van der Waals surface area contributed by atoms with Gasteiger partial charge in [0.25, 0.3) is 0 Å². The fraction of sp³-hybridized carbons (Fsp3) is 0.167. The molecule has 0 atom stereocenters. The molecule has 1 rings (SSSR count). The van der Waals surface area contributed by atoms with Crippen LogP contribution in [0.2, 0.25) is 0 Å². The molecule has 0 saturated heterocycles. The summed E-state index contributed by atoms with van der Waals surface area (Å²) in [6, 6.07) is 0. The second-order valence-corrected chi connectivity index (χ2v) is 1.48. The van der Waals surface area contributed by atoms with E-state index in [-0.39, 0.29) is 0 Å². The van der Waals surface area contributed by atoms with Crippen LogP contribution in [-0.2, 0) is 0 Å². The van der Waals surface area contributed by atoms with Gasteiger partial charge in [0, 0.05) is 5.57 Å². The monoisotopic (exact) mass is 108 g/mol. The van der Waals surface area contributed by atoms with Crippen molar-refractivity contribution in [2.24, 2.45) is 4.99 Å². The topological polar surface area (TPSA) is 32.6 Å². The van der Waals surface area contributed by atoms with E-state index in [0.717, 1.165) is 11.8 Å². The average Bonchev–Trinajstić information content (AvgIpc) is 1.90. The van der Waals surface area contributed by atoms with E-state index in [1.165, 1.54) is 0 Å². The number of hydrogen-bond acceptors (Lipinski definition) is 2. The fourth-order valence-corrected chi connectivity index (χ4v) is 0.471. The fourth-order valence-electron chi connectivity index (χ4n) is 0.471. The lowest BCUT2D eigenvalue weighted by Crippen LogP contribution is -1.89. The first-order valence-electron chi connectivity index (χ1n) is 2.35. The lowest BCUT2D eigenvalue weighted by Gasteiger charge is -1.95. The van der Waals surface area contributed by atoms with Gasteiger partial charge in [-0.2, -0.15) is 0 Å². The first-order valence-corrected chi connectivity index (χ1v) is 2.35. The van der Waals surface area contributed by atoms with E-state index in [4.69, 9.17) is 5.11 Å². The molecular weight excluding hydrogens is 102 g/mol. The van der Waals surface area contributed by atoms with Crippen LogP contribution in [0.3, 0.4) is 0 Å². The van der Waals surface area contributed by atoms with Crippen LogP contribution in [0.1, 0.15) is 0 Å². The largest absolute Gasteiger partial charge is 0.515 e. The third kappa shape index (κ3) is 0.964. The zero-order chi connectivity index (χ0) is 5.82. The van der Waals surface area contributed by atoms with Crippen LogP contribution >= 0.6 is 0 Å². The quantitative estimate of drug-likeness (QED) is 0.460. The van der Waals surface area contributed by atoms with Crippen molar-refractivity contribution in [1.29, 1.82) is 0 Å². The van der Waals surface area contributed by atoms with Gasteiger partial charge >= 0.3 is 0 Å². The van der Waals surface area contributed by atoms with Gasteiger partial charge in [0.2, 0.25) is 0 Å². The predicted octanol–water partition coefficient (Wildman–Crippen LogP) is 0.946. The summed E-state index contributed by atoms with van der Waals surface area (Å²) >= 11 is 0. The molecule has 1 heterocycles. The van der Waals surface area contributed by atoms with Gasteiger partial charge in [0.1, 0.15) is 0 Å². The molecule has 0 spiro atoms. The van der Waals surface area contributed by atoms with E-state index in [9.17, 15) is 0 Å². The molecule has 1 radical (unpaired) electrons. The average molecular weight is 108 g/mol. The highest BCUT2D eigenvalue weighted by Crippen LogP contribution is 1.98. The van der Waals surface area contributed by atoms with Crippen LogP contribution < -0.4 is 0 Å². The molecule has 1 aliphatic heterocycles. The van der Waals surface area contributed by atoms with Gasteiger partial charge in [-0.1, -0.05) is 6.08 Å². The number of nitrogens with zero attached hydrogens (tertiary/aromatic N) is 1. The van der Waals surface area contributed by atoms with E-state index in [1.54, 1.807) is 12.2 Å². The summed E-state index contributed by atoms with van der Waals surface area (Å²) in [4.78, 5) is 3.76. The SMILES string of the molecule is O/C=C1/C=C[C]=NC1. The minimum Gasteiger partial charge on any atom is -0.515 e. The molecule has 0 unspecified atom stereocenters. The van der Waals surface area contributed by atoms with Gasteiger partial charge in [-0.25, -0.2) is 0 Å². The zero-order valence-electron chi connectivity index (χ0n) is 4.33. The Labute approximate surface area is 47.9 Å². The second-order valence-electron chi connectivity index (χ2n) is 1.48. The Balaban J connectivity index is 2.66. The summed E-state index contributed by atoms with van der Waals surface area (Å²) in [5, 5.41) is 8.39. The van der Waals surface area contributed by atoms with Gasteiger partial charge in [-0.3, -0.25) is 4.99 Å². The number of allylic oxidation sites excluding steroid dienone is 1. The van der Waals surface area contributed by atoms with Gasteiger partial charge in [-0.05, 0) is 6.08 Å². The maximum absolute atomic E-state index is 8.39. The maximum atomic E-state index is 8.39. The van der Waals surface area contributed by atoms with Crippen molar-refractivity contribution < 1.29 is 5.11 Å². The van der Waals surface area contributed by atoms with Crippen molar-refractivity contribution in [3.8, 4) is 0 Å². The molecule has 0 aliphatic carbocycles. The lowest BCUT2D eigenvalue weighted by molar-refractivity contribution is 0.468. The van der Waals surface area contributed by atoms with Crippen molar-refractivity contribution in [3.05, 3.63) is 24.0 Å². The first-order chi connectivity index (χ1) is 3.93. The van der Waals surface area contributed by atoms with E-state index in [1.807, 2.05) is 0 Å². The zero-order valence-corrected chi connectivity index (χ0v) is 4.33. The molecule has 0 fully saturated rings. The Morgan fingerprint density at radius 2 is 2.75 bits per heavy atom. The van der Waals surface area contributed by atoms with Crippen LogP contribution in [0.25, 0.3) is 0 Å². The maximum Gasteiger partial charge on any atom is 0.0842 e. The van der Waals surface area contributed by atoms with E-state index in [0.29, 0.717) is 6.54 Å². The molecule has 0 aromatic heterocycles. The molecular formula is C6H6NO. The minimum atomic E-state index is 0.549. The Morgan fingerprint density at radius 3 is 3.12 bits per heavy atom. The molecule has 2 nitrogen and oxygen atoms in total. The first kappa shape index (κ1) is 5.09. The molecule has 2 heteroatoms. The van der Waals surface area contributed by atoms with E-state index >= 15 is 0 Å². The molecule has 1 aliphatic rings. The van der Waals surface area contributed by atoms with Crippen LogP contribution in [0.4, 0.5) is 0 Å². The number of dihydropyridines is 1. The minimum absolute atomic E-state index is 0.549. The number of hydrogen-bond donors (Lipinski definition) is 1. The lowest BCUT2D eigenvalue weighted by atomic mass is 10.2. The summed E-state index contributed by atoms with van der Waals surface area (Å²) in [7, 11) is 0. The third-order valence-corrected chi connectivity index (χ3v) is 0.891. The Kier molecular flexibility index (Phi) is 1.47. The number of aliphatic hydroxyl groups is 1. The predicted molar refractivity (Wildman–Crippen MR) is 32.2 cm³/mol. The second kappa shape index (κ2) is 2.31. The van der Waals surface area contributed by atoms with E-state index in [2.05, 4.69) is 11.2 Å². The van der Waals surface area contributed by atoms with Crippen LogP contribution in [0.15, 0.2) is 29.0 Å². The van der Waals surface area contributed by atoms with Gasteiger partial charge < -0.3 is 5.11 Å². The molecule has 0 aromatic carbocycles. The van der Waals surface area contributed by atoms with Gasteiger partial charge in [0.05, 0.1) is 19.0 Å². The summed E-state index contributed by atoms with van der Waals surface area (Å²) in [5.74, 6) is 0. The number of aliphatic hydroxyl groups excluding tert-OH is 1. The molecule has 0 saturated carbocycles. The molecule has 1 N–H and O–H groups in total. The van der Waals surface area contributed by atoms with Crippen molar-refractivity contribution in [3.63, 3.8) is 0 Å². The molecule has 0 amide bonds. The molecule has 8 heavy (non-hydrogen) atoms.